The first-order valence-electron chi connectivity index (χ1n) is 15.4. The summed E-state index contributed by atoms with van der Waals surface area (Å²) >= 11 is 0. The van der Waals surface area contributed by atoms with Gasteiger partial charge in [0, 0.05) is 10.8 Å². The number of hydrogen-bond acceptors (Lipinski definition) is 1. The van der Waals surface area contributed by atoms with Crippen LogP contribution in [-0.2, 0) is 0 Å². The predicted octanol–water partition coefficient (Wildman–Crippen LogP) is 12.6. The van der Waals surface area contributed by atoms with Gasteiger partial charge in [-0.15, -0.1) is 0 Å². The summed E-state index contributed by atoms with van der Waals surface area (Å²) in [5.41, 5.74) is 11.7. The highest BCUT2D eigenvalue weighted by Crippen LogP contribution is 2.48. The van der Waals surface area contributed by atoms with Gasteiger partial charge in [0.2, 0.25) is 0 Å². The number of hydrogen-bond donors (Lipinski definition) is 0. The number of fused-ring (bicyclic) bond motifs is 5. The Kier molecular flexibility index (Phi) is 5.89. The minimum atomic E-state index is 0.912. The molecule has 0 atom stereocenters. The highest BCUT2D eigenvalue weighted by molar-refractivity contribution is 6.23. The summed E-state index contributed by atoms with van der Waals surface area (Å²) in [5, 5.41) is 7.28. The maximum absolute atomic E-state index is 6.17. The van der Waals surface area contributed by atoms with Crippen molar-refractivity contribution in [3.63, 3.8) is 0 Å². The third-order valence-electron chi connectivity index (χ3n) is 9.10. The van der Waals surface area contributed by atoms with Crippen molar-refractivity contribution in [3.8, 4) is 44.5 Å². The largest absolute Gasteiger partial charge is 0.456 e. The summed E-state index contributed by atoms with van der Waals surface area (Å²) in [7, 11) is 0. The highest BCUT2D eigenvalue weighted by Gasteiger charge is 2.20. The van der Waals surface area contributed by atoms with Crippen LogP contribution in [0.15, 0.2) is 174 Å². The van der Waals surface area contributed by atoms with Gasteiger partial charge in [0.15, 0.2) is 0 Å². The molecule has 1 heteroatoms. The van der Waals surface area contributed by atoms with E-state index in [1.54, 1.807) is 0 Å². The zero-order valence-electron chi connectivity index (χ0n) is 24.6. The van der Waals surface area contributed by atoms with Crippen molar-refractivity contribution in [2.45, 2.75) is 0 Å². The first-order chi connectivity index (χ1) is 22.3. The van der Waals surface area contributed by atoms with Crippen molar-refractivity contribution < 1.29 is 4.42 Å². The number of benzene rings is 8. The van der Waals surface area contributed by atoms with Crippen LogP contribution in [0, 0.1) is 0 Å². The van der Waals surface area contributed by atoms with Crippen LogP contribution in [-0.4, -0.2) is 0 Å². The van der Waals surface area contributed by atoms with Gasteiger partial charge in [-0.05, 0) is 84.3 Å². The molecule has 45 heavy (non-hydrogen) atoms. The third kappa shape index (κ3) is 4.09. The van der Waals surface area contributed by atoms with Crippen molar-refractivity contribution in [1.29, 1.82) is 0 Å². The van der Waals surface area contributed by atoms with E-state index in [-0.39, 0.29) is 0 Å². The first kappa shape index (κ1) is 25.6. The lowest BCUT2D eigenvalue weighted by atomic mass is 9.82. The van der Waals surface area contributed by atoms with E-state index in [1.807, 2.05) is 12.1 Å². The SMILES string of the molecule is c1ccc(-c2ccccc2-c2c3ccccc3c(-c3ccccc3-c3ccc4oc5ccccc5c4c3)c3ccccc23)cc1. The van der Waals surface area contributed by atoms with E-state index in [1.165, 1.54) is 66.1 Å². The van der Waals surface area contributed by atoms with E-state index >= 15 is 0 Å². The smallest absolute Gasteiger partial charge is 0.135 e. The molecule has 1 nitrogen and oxygen atoms in total. The van der Waals surface area contributed by atoms with Gasteiger partial charge in [-0.25, -0.2) is 0 Å². The molecule has 0 saturated carbocycles. The molecule has 1 heterocycles. The molecule has 0 saturated heterocycles. The Bertz CT molecular complexity index is 2480. The third-order valence-corrected chi connectivity index (χ3v) is 9.10. The van der Waals surface area contributed by atoms with Gasteiger partial charge in [0.05, 0.1) is 0 Å². The average molecular weight is 573 g/mol. The zero-order valence-corrected chi connectivity index (χ0v) is 24.6. The van der Waals surface area contributed by atoms with E-state index < -0.39 is 0 Å². The lowest BCUT2D eigenvalue weighted by molar-refractivity contribution is 0.669. The Hall–Kier alpha value is -5.92. The van der Waals surface area contributed by atoms with Crippen molar-refractivity contribution in [3.05, 3.63) is 170 Å². The van der Waals surface area contributed by atoms with Crippen LogP contribution in [0.2, 0.25) is 0 Å². The molecule has 0 spiro atoms. The average Bonchev–Trinajstić information content (AvgIpc) is 3.49. The lowest BCUT2D eigenvalue weighted by Crippen LogP contribution is -1.94. The minimum Gasteiger partial charge on any atom is -0.456 e. The normalized spacial score (nSPS) is 11.6. The summed E-state index contributed by atoms with van der Waals surface area (Å²) in [6.07, 6.45) is 0. The number of furan rings is 1. The molecule has 0 fully saturated rings. The maximum Gasteiger partial charge on any atom is 0.135 e. The highest BCUT2D eigenvalue weighted by atomic mass is 16.3. The molecule has 0 aliphatic heterocycles. The van der Waals surface area contributed by atoms with Crippen LogP contribution in [0.1, 0.15) is 0 Å². The van der Waals surface area contributed by atoms with E-state index in [9.17, 15) is 0 Å². The fourth-order valence-corrected chi connectivity index (χ4v) is 7.13. The summed E-state index contributed by atoms with van der Waals surface area (Å²) in [4.78, 5) is 0. The Labute approximate surface area is 261 Å². The molecule has 0 unspecified atom stereocenters. The molecule has 0 aliphatic rings. The van der Waals surface area contributed by atoms with Crippen molar-refractivity contribution in [1.82, 2.24) is 0 Å². The molecule has 9 aromatic rings. The van der Waals surface area contributed by atoms with E-state index in [0.717, 1.165) is 21.9 Å². The Balaban J connectivity index is 1.35. The van der Waals surface area contributed by atoms with Gasteiger partial charge in [-0.3, -0.25) is 0 Å². The van der Waals surface area contributed by atoms with Gasteiger partial charge in [0.25, 0.3) is 0 Å². The topological polar surface area (TPSA) is 13.1 Å². The first-order valence-corrected chi connectivity index (χ1v) is 15.4. The summed E-state index contributed by atoms with van der Waals surface area (Å²) in [6, 6.07) is 61.1. The molecule has 1 aromatic heterocycles. The Morgan fingerprint density at radius 3 is 1.27 bits per heavy atom. The zero-order chi connectivity index (χ0) is 29.7. The molecule has 210 valence electrons. The molecule has 0 amide bonds. The number of rotatable bonds is 4. The second-order valence-corrected chi connectivity index (χ2v) is 11.6. The summed E-state index contributed by atoms with van der Waals surface area (Å²) < 4.78 is 6.17. The lowest BCUT2D eigenvalue weighted by Gasteiger charge is -2.21. The molecule has 0 N–H and O–H groups in total. The quantitative estimate of drug-likeness (QED) is 0.191. The van der Waals surface area contributed by atoms with Gasteiger partial charge in [0.1, 0.15) is 11.2 Å². The summed E-state index contributed by atoms with van der Waals surface area (Å²) in [5.74, 6) is 0. The van der Waals surface area contributed by atoms with Crippen LogP contribution in [0.4, 0.5) is 0 Å². The fraction of sp³-hybridized carbons (Fsp3) is 0. The summed E-state index contributed by atoms with van der Waals surface area (Å²) in [6.45, 7) is 0. The molecule has 8 aromatic carbocycles. The molecule has 0 aliphatic carbocycles. The van der Waals surface area contributed by atoms with Crippen LogP contribution in [0.5, 0.6) is 0 Å². The second kappa shape index (κ2) is 10.4. The van der Waals surface area contributed by atoms with Gasteiger partial charge in [-0.2, -0.15) is 0 Å². The second-order valence-electron chi connectivity index (χ2n) is 11.6. The van der Waals surface area contributed by atoms with Crippen molar-refractivity contribution in [2.24, 2.45) is 0 Å². The van der Waals surface area contributed by atoms with E-state index in [0.29, 0.717) is 0 Å². The van der Waals surface area contributed by atoms with Crippen LogP contribution >= 0.6 is 0 Å². The molecular formula is C44H28O. The van der Waals surface area contributed by atoms with Crippen LogP contribution in [0.3, 0.4) is 0 Å². The van der Waals surface area contributed by atoms with E-state index in [2.05, 4.69) is 158 Å². The molecule has 9 rings (SSSR count). The Morgan fingerprint density at radius 1 is 0.267 bits per heavy atom. The Morgan fingerprint density at radius 2 is 0.689 bits per heavy atom. The minimum absolute atomic E-state index is 0.912. The van der Waals surface area contributed by atoms with Crippen LogP contribution < -0.4 is 0 Å². The fourth-order valence-electron chi connectivity index (χ4n) is 7.13. The van der Waals surface area contributed by atoms with Crippen LogP contribution in [0.25, 0.3) is 88.0 Å². The molecule has 0 bridgehead atoms. The van der Waals surface area contributed by atoms with Crippen molar-refractivity contribution >= 4 is 43.5 Å². The monoisotopic (exact) mass is 572 g/mol. The standard InChI is InChI=1S/C44H28O/c1-2-14-29(15-3-1)31-16-4-6-19-34(31)43-36-21-8-10-23-38(36)44(39-24-11-9-22-37(39)43)35-20-7-5-17-32(35)30-26-27-42-40(28-30)33-18-12-13-25-41(33)45-42/h1-28H. The number of para-hydroxylation sites is 1. The predicted molar refractivity (Wildman–Crippen MR) is 190 cm³/mol. The molecule has 0 radical (unpaired) electrons. The maximum atomic E-state index is 6.17. The van der Waals surface area contributed by atoms with Gasteiger partial charge >= 0.3 is 0 Å². The van der Waals surface area contributed by atoms with E-state index in [4.69, 9.17) is 4.42 Å². The molecular weight excluding hydrogens is 544 g/mol. The van der Waals surface area contributed by atoms with Gasteiger partial charge < -0.3 is 4.42 Å². The van der Waals surface area contributed by atoms with Gasteiger partial charge in [-0.1, -0.05) is 152 Å². The van der Waals surface area contributed by atoms with Crippen molar-refractivity contribution in [2.75, 3.05) is 0 Å².